The molecule has 2 rings (SSSR count). The number of rotatable bonds is 6. The highest BCUT2D eigenvalue weighted by atomic mass is 16.5. The van der Waals surface area contributed by atoms with E-state index in [0.717, 1.165) is 28.9 Å². The van der Waals surface area contributed by atoms with Gasteiger partial charge in [-0.25, -0.2) is 5.43 Å². The average Bonchev–Trinajstić information content (AvgIpc) is 2.49. The van der Waals surface area contributed by atoms with Gasteiger partial charge in [0.2, 0.25) is 0 Å². The van der Waals surface area contributed by atoms with Crippen LogP contribution < -0.4 is 16.0 Å². The first-order valence-corrected chi connectivity index (χ1v) is 6.86. The Balaban J connectivity index is 2.39. The topological polar surface area (TPSA) is 60.2 Å². The first kappa shape index (κ1) is 14.5. The summed E-state index contributed by atoms with van der Waals surface area (Å²) >= 11 is 0. The lowest BCUT2D eigenvalue weighted by Crippen LogP contribution is -2.30. The molecule has 4 heteroatoms. The minimum absolute atomic E-state index is 0.128. The number of nitrogens with zero attached hydrogens (tertiary/aromatic N) is 1. The Morgan fingerprint density at radius 1 is 1.25 bits per heavy atom. The zero-order chi connectivity index (χ0) is 14.4. The minimum atomic E-state index is -0.128. The van der Waals surface area contributed by atoms with E-state index in [4.69, 9.17) is 10.6 Å². The molecular formula is C16H21N3O. The molecule has 1 aromatic carbocycles. The zero-order valence-electron chi connectivity index (χ0n) is 12.0. The van der Waals surface area contributed by atoms with Gasteiger partial charge in [0.25, 0.3) is 0 Å². The third-order valence-corrected chi connectivity index (χ3v) is 3.25. The van der Waals surface area contributed by atoms with Gasteiger partial charge < -0.3 is 4.74 Å². The standard InChI is InChI=1S/C16H21N3O/c1-3-10-20-15-7-5-4-6-13(15)16(19-17)14-11-18-9-8-12(14)2/h4-9,11,16,19H,3,10,17H2,1-2H3. The lowest BCUT2D eigenvalue weighted by molar-refractivity contribution is 0.311. The van der Waals surface area contributed by atoms with E-state index >= 15 is 0 Å². The molecule has 1 aromatic heterocycles. The summed E-state index contributed by atoms with van der Waals surface area (Å²) < 4.78 is 5.81. The third-order valence-electron chi connectivity index (χ3n) is 3.25. The number of para-hydroxylation sites is 1. The minimum Gasteiger partial charge on any atom is -0.493 e. The van der Waals surface area contributed by atoms with Gasteiger partial charge in [0.1, 0.15) is 5.75 Å². The van der Waals surface area contributed by atoms with Gasteiger partial charge in [0.15, 0.2) is 0 Å². The Kier molecular flexibility index (Phi) is 5.09. The van der Waals surface area contributed by atoms with Crippen molar-refractivity contribution in [3.8, 4) is 5.75 Å². The molecule has 20 heavy (non-hydrogen) atoms. The molecule has 1 unspecified atom stereocenters. The number of ether oxygens (including phenoxy) is 1. The largest absolute Gasteiger partial charge is 0.493 e. The summed E-state index contributed by atoms with van der Waals surface area (Å²) in [5, 5.41) is 0. The van der Waals surface area contributed by atoms with Gasteiger partial charge in [-0.05, 0) is 36.6 Å². The molecule has 0 aliphatic carbocycles. The maximum atomic E-state index is 5.81. The summed E-state index contributed by atoms with van der Waals surface area (Å²) in [7, 11) is 0. The van der Waals surface area contributed by atoms with Crippen molar-refractivity contribution in [1.29, 1.82) is 0 Å². The first-order chi connectivity index (χ1) is 9.77. The molecule has 1 atom stereocenters. The second-order valence-electron chi connectivity index (χ2n) is 4.72. The quantitative estimate of drug-likeness (QED) is 0.626. The van der Waals surface area contributed by atoms with Crippen molar-refractivity contribution < 1.29 is 4.74 Å². The monoisotopic (exact) mass is 271 g/mol. The highest BCUT2D eigenvalue weighted by Gasteiger charge is 2.18. The van der Waals surface area contributed by atoms with Gasteiger partial charge in [-0.3, -0.25) is 10.8 Å². The van der Waals surface area contributed by atoms with Gasteiger partial charge in [0.05, 0.1) is 12.6 Å². The van der Waals surface area contributed by atoms with Crippen LogP contribution in [-0.4, -0.2) is 11.6 Å². The number of benzene rings is 1. The molecule has 0 bridgehead atoms. The lowest BCUT2D eigenvalue weighted by atomic mass is 9.96. The summed E-state index contributed by atoms with van der Waals surface area (Å²) in [6.45, 7) is 4.84. The number of pyridine rings is 1. The predicted octanol–water partition coefficient (Wildman–Crippen LogP) is 2.73. The molecule has 0 amide bonds. The van der Waals surface area contributed by atoms with Crippen LogP contribution in [0.3, 0.4) is 0 Å². The maximum Gasteiger partial charge on any atom is 0.124 e. The zero-order valence-corrected chi connectivity index (χ0v) is 12.0. The van der Waals surface area contributed by atoms with E-state index in [9.17, 15) is 0 Å². The van der Waals surface area contributed by atoms with Gasteiger partial charge in [-0.15, -0.1) is 0 Å². The van der Waals surface area contributed by atoms with E-state index in [1.54, 1.807) is 6.20 Å². The molecule has 0 radical (unpaired) electrons. The molecule has 2 aromatic rings. The number of hydrogen-bond acceptors (Lipinski definition) is 4. The van der Waals surface area contributed by atoms with Crippen molar-refractivity contribution in [2.24, 2.45) is 5.84 Å². The van der Waals surface area contributed by atoms with Crippen molar-refractivity contribution >= 4 is 0 Å². The van der Waals surface area contributed by atoms with Crippen LogP contribution in [0.25, 0.3) is 0 Å². The Morgan fingerprint density at radius 2 is 2.05 bits per heavy atom. The molecule has 0 fully saturated rings. The molecule has 4 nitrogen and oxygen atoms in total. The first-order valence-electron chi connectivity index (χ1n) is 6.86. The SMILES string of the molecule is CCCOc1ccccc1C(NN)c1cnccc1C. The van der Waals surface area contributed by atoms with Crippen LogP contribution in [0.4, 0.5) is 0 Å². The van der Waals surface area contributed by atoms with Crippen molar-refractivity contribution in [3.05, 3.63) is 59.4 Å². The molecule has 0 aliphatic rings. The van der Waals surface area contributed by atoms with Crippen LogP contribution in [0.5, 0.6) is 5.75 Å². The Hall–Kier alpha value is -1.91. The second-order valence-corrected chi connectivity index (χ2v) is 4.72. The summed E-state index contributed by atoms with van der Waals surface area (Å²) in [6, 6.07) is 9.82. The van der Waals surface area contributed by atoms with Crippen LogP contribution in [0.15, 0.2) is 42.7 Å². The molecule has 0 saturated heterocycles. The van der Waals surface area contributed by atoms with E-state index in [1.807, 2.05) is 36.5 Å². The van der Waals surface area contributed by atoms with Crippen LogP contribution in [0.2, 0.25) is 0 Å². The third kappa shape index (κ3) is 3.15. The molecular weight excluding hydrogens is 250 g/mol. The van der Waals surface area contributed by atoms with E-state index in [2.05, 4.69) is 24.3 Å². The van der Waals surface area contributed by atoms with Crippen molar-refractivity contribution in [2.75, 3.05) is 6.61 Å². The summed E-state index contributed by atoms with van der Waals surface area (Å²) in [5.74, 6) is 6.63. The van der Waals surface area contributed by atoms with Crippen LogP contribution in [-0.2, 0) is 0 Å². The number of hydrogen-bond donors (Lipinski definition) is 2. The molecule has 0 aliphatic heterocycles. The highest BCUT2D eigenvalue weighted by Crippen LogP contribution is 2.30. The summed E-state index contributed by atoms with van der Waals surface area (Å²) in [5.41, 5.74) is 6.10. The van der Waals surface area contributed by atoms with Gasteiger partial charge in [0, 0.05) is 18.0 Å². The van der Waals surface area contributed by atoms with Gasteiger partial charge in [-0.2, -0.15) is 0 Å². The van der Waals surface area contributed by atoms with Gasteiger partial charge >= 0.3 is 0 Å². The fourth-order valence-electron chi connectivity index (χ4n) is 2.19. The highest BCUT2D eigenvalue weighted by molar-refractivity contribution is 5.42. The Labute approximate surface area is 120 Å². The van der Waals surface area contributed by atoms with E-state index < -0.39 is 0 Å². The van der Waals surface area contributed by atoms with Crippen LogP contribution in [0, 0.1) is 6.92 Å². The summed E-state index contributed by atoms with van der Waals surface area (Å²) in [6.07, 6.45) is 4.60. The molecule has 106 valence electrons. The molecule has 3 N–H and O–H groups in total. The maximum absolute atomic E-state index is 5.81. The fourth-order valence-corrected chi connectivity index (χ4v) is 2.19. The smallest absolute Gasteiger partial charge is 0.124 e. The molecule has 1 heterocycles. The fraction of sp³-hybridized carbons (Fsp3) is 0.312. The Morgan fingerprint density at radius 3 is 2.75 bits per heavy atom. The number of nitrogens with one attached hydrogen (secondary N) is 1. The molecule has 0 saturated carbocycles. The van der Waals surface area contributed by atoms with E-state index in [1.165, 1.54) is 0 Å². The normalized spacial score (nSPS) is 12.2. The number of hydrazine groups is 1. The van der Waals surface area contributed by atoms with Crippen molar-refractivity contribution in [1.82, 2.24) is 10.4 Å². The lowest BCUT2D eigenvalue weighted by Gasteiger charge is -2.21. The summed E-state index contributed by atoms with van der Waals surface area (Å²) in [4.78, 5) is 4.20. The van der Waals surface area contributed by atoms with Gasteiger partial charge in [-0.1, -0.05) is 25.1 Å². The van der Waals surface area contributed by atoms with E-state index in [-0.39, 0.29) is 6.04 Å². The number of nitrogens with two attached hydrogens (primary N) is 1. The molecule has 0 spiro atoms. The second kappa shape index (κ2) is 7.03. The predicted molar refractivity (Wildman–Crippen MR) is 80.4 cm³/mol. The van der Waals surface area contributed by atoms with Crippen molar-refractivity contribution in [3.63, 3.8) is 0 Å². The van der Waals surface area contributed by atoms with Crippen LogP contribution >= 0.6 is 0 Å². The van der Waals surface area contributed by atoms with Crippen LogP contribution in [0.1, 0.15) is 36.1 Å². The average molecular weight is 271 g/mol. The number of aromatic nitrogens is 1. The Bertz CT molecular complexity index is 557. The number of aryl methyl sites for hydroxylation is 1. The van der Waals surface area contributed by atoms with E-state index in [0.29, 0.717) is 6.61 Å². The van der Waals surface area contributed by atoms with Crippen molar-refractivity contribution in [2.45, 2.75) is 26.3 Å².